The van der Waals surface area contributed by atoms with E-state index in [0.717, 1.165) is 18.8 Å². The number of rotatable bonds is 3. The fourth-order valence-electron chi connectivity index (χ4n) is 2.80. The standard InChI is InChI=1S/C14H18O2S/c1-2-6-13(7-3-1)17-11-14-8-4-5-12(9-14)10-15-16-14/h1-3,6-7,12H,4-5,8-11H2. The molecular formula is C14H18O2S. The fourth-order valence-corrected chi connectivity index (χ4v) is 3.89. The largest absolute Gasteiger partial charge is 0.236 e. The van der Waals surface area contributed by atoms with Crippen LogP contribution in [0.1, 0.15) is 25.7 Å². The lowest BCUT2D eigenvalue weighted by molar-refractivity contribution is -0.396. The van der Waals surface area contributed by atoms with Gasteiger partial charge in [-0.1, -0.05) is 24.6 Å². The molecule has 3 rings (SSSR count). The minimum Gasteiger partial charge on any atom is -0.236 e. The molecule has 1 aliphatic heterocycles. The summed E-state index contributed by atoms with van der Waals surface area (Å²) in [6.45, 7) is 0.789. The summed E-state index contributed by atoms with van der Waals surface area (Å²) in [4.78, 5) is 12.3. The van der Waals surface area contributed by atoms with Gasteiger partial charge in [-0.3, -0.25) is 0 Å². The number of hydrogen-bond donors (Lipinski definition) is 0. The molecule has 1 saturated heterocycles. The van der Waals surface area contributed by atoms with Crippen molar-refractivity contribution in [3.8, 4) is 0 Å². The van der Waals surface area contributed by atoms with Crippen LogP contribution in [0.25, 0.3) is 0 Å². The van der Waals surface area contributed by atoms with Gasteiger partial charge in [0.25, 0.3) is 0 Å². The summed E-state index contributed by atoms with van der Waals surface area (Å²) >= 11 is 1.88. The number of fused-ring (bicyclic) bond motifs is 2. The van der Waals surface area contributed by atoms with Crippen LogP contribution >= 0.6 is 11.8 Å². The van der Waals surface area contributed by atoms with Crippen LogP contribution in [0.2, 0.25) is 0 Å². The first-order valence-corrected chi connectivity index (χ1v) is 7.33. The molecule has 0 aromatic heterocycles. The van der Waals surface area contributed by atoms with Gasteiger partial charge in [-0.2, -0.15) is 0 Å². The lowest BCUT2D eigenvalue weighted by Gasteiger charge is -2.43. The zero-order valence-corrected chi connectivity index (χ0v) is 10.7. The van der Waals surface area contributed by atoms with Crippen molar-refractivity contribution in [3.05, 3.63) is 30.3 Å². The summed E-state index contributed by atoms with van der Waals surface area (Å²) in [5.74, 6) is 1.72. The van der Waals surface area contributed by atoms with Crippen LogP contribution in [0.15, 0.2) is 35.2 Å². The maximum absolute atomic E-state index is 5.64. The first kappa shape index (κ1) is 11.6. The van der Waals surface area contributed by atoms with Crippen molar-refractivity contribution < 1.29 is 9.78 Å². The Balaban J connectivity index is 1.63. The number of benzene rings is 1. The minimum atomic E-state index is -0.0261. The Labute approximate surface area is 107 Å². The second-order valence-corrected chi connectivity index (χ2v) is 6.16. The lowest BCUT2D eigenvalue weighted by Crippen LogP contribution is -2.45. The van der Waals surface area contributed by atoms with E-state index in [-0.39, 0.29) is 5.60 Å². The summed E-state index contributed by atoms with van der Waals surface area (Å²) < 4.78 is 0. The summed E-state index contributed by atoms with van der Waals surface area (Å²) in [6.07, 6.45) is 4.90. The second-order valence-electron chi connectivity index (χ2n) is 5.11. The molecule has 1 saturated carbocycles. The summed E-state index contributed by atoms with van der Waals surface area (Å²) in [5.41, 5.74) is -0.0261. The van der Waals surface area contributed by atoms with Gasteiger partial charge in [0.05, 0.1) is 6.61 Å². The first-order valence-electron chi connectivity index (χ1n) is 6.35. The van der Waals surface area contributed by atoms with E-state index >= 15 is 0 Å². The van der Waals surface area contributed by atoms with E-state index in [9.17, 15) is 0 Å². The van der Waals surface area contributed by atoms with Crippen LogP contribution < -0.4 is 0 Å². The van der Waals surface area contributed by atoms with Gasteiger partial charge < -0.3 is 0 Å². The first-order chi connectivity index (χ1) is 8.36. The van der Waals surface area contributed by atoms with Crippen molar-refractivity contribution in [2.45, 2.75) is 36.2 Å². The van der Waals surface area contributed by atoms with Crippen molar-refractivity contribution in [3.63, 3.8) is 0 Å². The van der Waals surface area contributed by atoms with Gasteiger partial charge in [-0.25, -0.2) is 9.78 Å². The fraction of sp³-hybridized carbons (Fsp3) is 0.571. The van der Waals surface area contributed by atoms with Crippen LogP contribution in [-0.2, 0) is 9.78 Å². The third-order valence-electron chi connectivity index (χ3n) is 3.69. The maximum atomic E-state index is 5.64. The van der Waals surface area contributed by atoms with Crippen molar-refractivity contribution >= 4 is 11.8 Å². The van der Waals surface area contributed by atoms with Crippen LogP contribution in [0.3, 0.4) is 0 Å². The third kappa shape index (κ3) is 2.67. The molecule has 2 atom stereocenters. The van der Waals surface area contributed by atoms with Crippen LogP contribution in [0.4, 0.5) is 0 Å². The highest BCUT2D eigenvalue weighted by atomic mass is 32.2. The second kappa shape index (κ2) is 5.01. The van der Waals surface area contributed by atoms with Crippen LogP contribution in [0.5, 0.6) is 0 Å². The Kier molecular flexibility index (Phi) is 3.41. The van der Waals surface area contributed by atoms with Crippen molar-refractivity contribution in [2.75, 3.05) is 12.4 Å². The molecule has 2 bridgehead atoms. The Morgan fingerprint density at radius 2 is 2.18 bits per heavy atom. The zero-order chi connectivity index (χ0) is 11.6. The highest BCUT2D eigenvalue weighted by Crippen LogP contribution is 2.42. The van der Waals surface area contributed by atoms with E-state index in [4.69, 9.17) is 9.78 Å². The molecule has 0 amide bonds. The van der Waals surface area contributed by atoms with Gasteiger partial charge in [0.1, 0.15) is 5.60 Å². The molecule has 0 N–H and O–H groups in total. The van der Waals surface area contributed by atoms with Crippen molar-refractivity contribution in [1.29, 1.82) is 0 Å². The van der Waals surface area contributed by atoms with E-state index in [1.54, 1.807) is 0 Å². The van der Waals surface area contributed by atoms with Crippen LogP contribution in [-0.4, -0.2) is 18.0 Å². The van der Waals surface area contributed by atoms with Gasteiger partial charge in [0.2, 0.25) is 0 Å². The average Bonchev–Trinajstić information content (AvgIpc) is 2.38. The van der Waals surface area contributed by atoms with Gasteiger partial charge in [-0.05, 0) is 37.3 Å². The minimum absolute atomic E-state index is 0.0261. The molecule has 1 aromatic rings. The molecule has 92 valence electrons. The lowest BCUT2D eigenvalue weighted by atomic mass is 9.79. The molecule has 1 heterocycles. The Morgan fingerprint density at radius 1 is 1.29 bits per heavy atom. The molecule has 2 aliphatic rings. The van der Waals surface area contributed by atoms with Gasteiger partial charge in [0.15, 0.2) is 0 Å². The average molecular weight is 250 g/mol. The van der Waals surface area contributed by atoms with Crippen molar-refractivity contribution in [2.24, 2.45) is 5.92 Å². The molecule has 3 heteroatoms. The Hall–Kier alpha value is -0.510. The quantitative estimate of drug-likeness (QED) is 0.602. The molecule has 0 radical (unpaired) electrons. The molecule has 0 spiro atoms. The monoisotopic (exact) mass is 250 g/mol. The highest BCUT2D eigenvalue weighted by Gasteiger charge is 2.42. The van der Waals surface area contributed by atoms with Gasteiger partial charge in [0, 0.05) is 10.6 Å². The third-order valence-corrected chi connectivity index (χ3v) is 4.97. The summed E-state index contributed by atoms with van der Waals surface area (Å²) in [5, 5.41) is 0. The molecule has 1 aromatic carbocycles. The predicted octanol–water partition coefficient (Wildman–Crippen LogP) is 3.67. The van der Waals surface area contributed by atoms with Crippen molar-refractivity contribution in [1.82, 2.24) is 0 Å². The Bertz CT molecular complexity index is 356. The summed E-state index contributed by atoms with van der Waals surface area (Å²) in [7, 11) is 0. The van der Waals surface area contributed by atoms with E-state index in [2.05, 4.69) is 30.3 Å². The van der Waals surface area contributed by atoms with Crippen LogP contribution in [0, 0.1) is 5.92 Å². The molecular weight excluding hydrogens is 232 g/mol. The SMILES string of the molecule is c1ccc(SCC23CCCC(COO2)C3)cc1. The van der Waals surface area contributed by atoms with E-state index in [1.807, 2.05) is 11.8 Å². The molecule has 17 heavy (non-hydrogen) atoms. The molecule has 2 fully saturated rings. The molecule has 1 aliphatic carbocycles. The van der Waals surface area contributed by atoms with E-state index < -0.39 is 0 Å². The van der Waals surface area contributed by atoms with E-state index in [0.29, 0.717) is 5.92 Å². The highest BCUT2D eigenvalue weighted by molar-refractivity contribution is 7.99. The summed E-state index contributed by atoms with van der Waals surface area (Å²) in [6, 6.07) is 10.5. The number of thioether (sulfide) groups is 1. The number of hydrogen-bond acceptors (Lipinski definition) is 3. The maximum Gasteiger partial charge on any atom is 0.113 e. The normalized spacial score (nSPS) is 32.4. The van der Waals surface area contributed by atoms with Gasteiger partial charge >= 0.3 is 0 Å². The topological polar surface area (TPSA) is 18.5 Å². The molecule has 2 nitrogen and oxygen atoms in total. The van der Waals surface area contributed by atoms with Gasteiger partial charge in [-0.15, -0.1) is 11.8 Å². The predicted molar refractivity (Wildman–Crippen MR) is 68.9 cm³/mol. The Morgan fingerprint density at radius 3 is 3.06 bits per heavy atom. The molecule has 2 unspecified atom stereocenters. The smallest absolute Gasteiger partial charge is 0.113 e. The zero-order valence-electron chi connectivity index (χ0n) is 9.93. The van der Waals surface area contributed by atoms with E-state index in [1.165, 1.54) is 24.2 Å².